The highest BCUT2D eigenvalue weighted by Gasteiger charge is 2.09. The van der Waals surface area contributed by atoms with Crippen molar-refractivity contribution in [2.75, 3.05) is 56.8 Å². The fraction of sp³-hybridized carbons (Fsp3) is 0.389. The van der Waals surface area contributed by atoms with Gasteiger partial charge in [-0.25, -0.2) is 0 Å². The lowest BCUT2D eigenvalue weighted by Gasteiger charge is -2.13. The van der Waals surface area contributed by atoms with Crippen LogP contribution in [0, 0.1) is 0 Å². The maximum atomic E-state index is 12.2. The van der Waals surface area contributed by atoms with Gasteiger partial charge < -0.3 is 20.4 Å². The van der Waals surface area contributed by atoms with E-state index in [0.29, 0.717) is 5.82 Å². The van der Waals surface area contributed by atoms with Crippen LogP contribution in [-0.4, -0.2) is 62.3 Å². The molecule has 7 heteroatoms. The second kappa shape index (κ2) is 8.98. The van der Waals surface area contributed by atoms with Crippen molar-refractivity contribution in [3.05, 3.63) is 42.1 Å². The van der Waals surface area contributed by atoms with E-state index in [4.69, 9.17) is 0 Å². The van der Waals surface area contributed by atoms with Crippen molar-refractivity contribution in [1.29, 1.82) is 0 Å². The lowest BCUT2D eigenvalue weighted by atomic mass is 10.2. The number of carbonyl (C=O) groups excluding carboxylic acids is 1. The summed E-state index contributed by atoms with van der Waals surface area (Å²) in [6.45, 7) is 1.82. The third-order valence-corrected chi connectivity index (χ3v) is 3.63. The first-order valence-electron chi connectivity index (χ1n) is 8.27. The number of carbonyl (C=O) groups is 1. The molecule has 1 heterocycles. The molecule has 2 aromatic rings. The van der Waals surface area contributed by atoms with Crippen LogP contribution in [0.15, 0.2) is 36.4 Å². The average molecular weight is 342 g/mol. The molecule has 0 fully saturated rings. The van der Waals surface area contributed by atoms with Gasteiger partial charge in [-0.05, 0) is 63.5 Å². The molecular formula is C18H26N6O. The zero-order valence-corrected chi connectivity index (χ0v) is 15.3. The Labute approximate surface area is 149 Å². The molecule has 0 aliphatic rings. The standard InChI is InChI=1S/C18H26N6O/c1-23(2)13-5-12-19-17-11-10-16(21-22-17)18(25)20-14-6-8-15(9-7-14)24(3)4/h6-11H,5,12-13H2,1-4H3,(H,19,22)(H,20,25). The van der Waals surface area contributed by atoms with Gasteiger partial charge in [0.25, 0.3) is 5.91 Å². The van der Waals surface area contributed by atoms with Crippen LogP contribution >= 0.6 is 0 Å². The summed E-state index contributed by atoms with van der Waals surface area (Å²) >= 11 is 0. The maximum absolute atomic E-state index is 12.2. The van der Waals surface area contributed by atoms with Crippen LogP contribution in [-0.2, 0) is 0 Å². The fourth-order valence-electron chi connectivity index (χ4n) is 2.20. The van der Waals surface area contributed by atoms with E-state index in [-0.39, 0.29) is 11.6 Å². The number of anilines is 3. The third kappa shape index (κ3) is 6.04. The molecule has 0 aliphatic carbocycles. The number of benzene rings is 1. The highest BCUT2D eigenvalue weighted by Crippen LogP contribution is 2.16. The van der Waals surface area contributed by atoms with Crippen LogP contribution in [0.2, 0.25) is 0 Å². The molecule has 134 valence electrons. The normalized spacial score (nSPS) is 10.6. The van der Waals surface area contributed by atoms with Crippen LogP contribution in [0.5, 0.6) is 0 Å². The van der Waals surface area contributed by atoms with Crippen molar-refractivity contribution in [1.82, 2.24) is 15.1 Å². The average Bonchev–Trinajstić information content (AvgIpc) is 2.59. The van der Waals surface area contributed by atoms with Gasteiger partial charge in [0.05, 0.1) is 0 Å². The minimum atomic E-state index is -0.274. The lowest BCUT2D eigenvalue weighted by molar-refractivity contribution is 0.102. The number of rotatable bonds is 8. The summed E-state index contributed by atoms with van der Waals surface area (Å²) in [6, 6.07) is 11.1. The van der Waals surface area contributed by atoms with Gasteiger partial charge in [-0.3, -0.25) is 4.79 Å². The molecule has 1 aromatic carbocycles. The lowest BCUT2D eigenvalue weighted by Crippen LogP contribution is -2.17. The summed E-state index contributed by atoms with van der Waals surface area (Å²) in [5.41, 5.74) is 2.08. The minimum Gasteiger partial charge on any atom is -0.378 e. The van der Waals surface area contributed by atoms with E-state index in [0.717, 1.165) is 30.9 Å². The second-order valence-electron chi connectivity index (χ2n) is 6.28. The topological polar surface area (TPSA) is 73.4 Å². The summed E-state index contributed by atoms with van der Waals surface area (Å²) in [5, 5.41) is 14.1. The van der Waals surface area contributed by atoms with Gasteiger partial charge in [-0.15, -0.1) is 10.2 Å². The van der Waals surface area contributed by atoms with Crippen molar-refractivity contribution in [2.24, 2.45) is 0 Å². The Balaban J connectivity index is 1.87. The van der Waals surface area contributed by atoms with E-state index in [2.05, 4.69) is 25.7 Å². The Hall–Kier alpha value is -2.67. The molecule has 1 aromatic heterocycles. The first kappa shape index (κ1) is 18.7. The Bertz CT molecular complexity index is 667. The molecule has 1 amide bonds. The first-order chi connectivity index (χ1) is 12.0. The number of hydrogen-bond acceptors (Lipinski definition) is 6. The summed E-state index contributed by atoms with van der Waals surface area (Å²) in [5.74, 6) is 0.398. The van der Waals surface area contributed by atoms with E-state index in [1.165, 1.54) is 0 Å². The van der Waals surface area contributed by atoms with E-state index in [9.17, 15) is 4.79 Å². The quantitative estimate of drug-likeness (QED) is 0.716. The van der Waals surface area contributed by atoms with E-state index >= 15 is 0 Å². The smallest absolute Gasteiger partial charge is 0.276 e. The highest BCUT2D eigenvalue weighted by atomic mass is 16.1. The van der Waals surface area contributed by atoms with Gasteiger partial charge in [0.1, 0.15) is 5.82 Å². The molecule has 25 heavy (non-hydrogen) atoms. The van der Waals surface area contributed by atoms with Crippen molar-refractivity contribution in [2.45, 2.75) is 6.42 Å². The van der Waals surface area contributed by atoms with Crippen molar-refractivity contribution >= 4 is 23.1 Å². The van der Waals surface area contributed by atoms with Crippen LogP contribution in [0.1, 0.15) is 16.9 Å². The number of nitrogens with zero attached hydrogens (tertiary/aromatic N) is 4. The summed E-state index contributed by atoms with van der Waals surface area (Å²) < 4.78 is 0. The van der Waals surface area contributed by atoms with Crippen LogP contribution in [0.3, 0.4) is 0 Å². The van der Waals surface area contributed by atoms with Crippen molar-refractivity contribution in [3.8, 4) is 0 Å². The second-order valence-corrected chi connectivity index (χ2v) is 6.28. The largest absolute Gasteiger partial charge is 0.378 e. The third-order valence-electron chi connectivity index (χ3n) is 3.63. The van der Waals surface area contributed by atoms with E-state index in [1.54, 1.807) is 12.1 Å². The van der Waals surface area contributed by atoms with Crippen LogP contribution in [0.25, 0.3) is 0 Å². The molecule has 0 spiro atoms. The number of hydrogen-bond donors (Lipinski definition) is 2. The van der Waals surface area contributed by atoms with Crippen LogP contribution < -0.4 is 15.5 Å². The van der Waals surface area contributed by atoms with Gasteiger partial charge in [-0.1, -0.05) is 0 Å². The van der Waals surface area contributed by atoms with Crippen molar-refractivity contribution in [3.63, 3.8) is 0 Å². The molecule has 0 radical (unpaired) electrons. The van der Waals surface area contributed by atoms with Gasteiger partial charge >= 0.3 is 0 Å². The Morgan fingerprint density at radius 2 is 1.72 bits per heavy atom. The highest BCUT2D eigenvalue weighted by molar-refractivity contribution is 6.02. The maximum Gasteiger partial charge on any atom is 0.276 e. The fourth-order valence-corrected chi connectivity index (χ4v) is 2.20. The van der Waals surface area contributed by atoms with E-state index in [1.807, 2.05) is 57.4 Å². The number of aromatic nitrogens is 2. The molecule has 0 aliphatic heterocycles. The Kier molecular flexibility index (Phi) is 6.71. The molecule has 0 unspecified atom stereocenters. The molecular weight excluding hydrogens is 316 g/mol. The summed E-state index contributed by atoms with van der Waals surface area (Å²) in [4.78, 5) is 16.4. The Morgan fingerprint density at radius 3 is 2.28 bits per heavy atom. The zero-order chi connectivity index (χ0) is 18.2. The zero-order valence-electron chi connectivity index (χ0n) is 15.3. The SMILES string of the molecule is CN(C)CCCNc1ccc(C(=O)Nc2ccc(N(C)C)cc2)nn1. The summed E-state index contributed by atoms with van der Waals surface area (Å²) in [6.07, 6.45) is 1.01. The molecule has 2 N–H and O–H groups in total. The van der Waals surface area contributed by atoms with Gasteiger partial charge in [-0.2, -0.15) is 0 Å². The monoisotopic (exact) mass is 342 g/mol. The predicted octanol–water partition coefficient (Wildman–Crippen LogP) is 2.16. The van der Waals surface area contributed by atoms with Gasteiger partial charge in [0.15, 0.2) is 5.69 Å². The van der Waals surface area contributed by atoms with Gasteiger partial charge in [0.2, 0.25) is 0 Å². The van der Waals surface area contributed by atoms with E-state index < -0.39 is 0 Å². The van der Waals surface area contributed by atoms with Crippen molar-refractivity contribution < 1.29 is 4.79 Å². The molecule has 7 nitrogen and oxygen atoms in total. The molecule has 0 atom stereocenters. The minimum absolute atomic E-state index is 0.274. The number of nitrogens with one attached hydrogen (secondary N) is 2. The summed E-state index contributed by atoms with van der Waals surface area (Å²) in [7, 11) is 8.03. The number of amides is 1. The first-order valence-corrected chi connectivity index (χ1v) is 8.27. The Morgan fingerprint density at radius 1 is 1.00 bits per heavy atom. The molecule has 0 saturated heterocycles. The predicted molar refractivity (Wildman–Crippen MR) is 102 cm³/mol. The molecule has 0 bridgehead atoms. The van der Waals surface area contributed by atoms with Crippen LogP contribution in [0.4, 0.5) is 17.2 Å². The van der Waals surface area contributed by atoms with Gasteiger partial charge in [0, 0.05) is 32.0 Å². The molecule has 0 saturated carbocycles. The molecule has 2 rings (SSSR count).